The fourth-order valence-corrected chi connectivity index (χ4v) is 3.83. The number of benzene rings is 2. The Morgan fingerprint density at radius 3 is 2.28 bits per heavy atom. The molecule has 0 aliphatic heterocycles. The Morgan fingerprint density at radius 2 is 1.76 bits per heavy atom. The molecule has 2 aromatic carbocycles. The highest BCUT2D eigenvalue weighted by atomic mass is 32.2. The highest BCUT2D eigenvalue weighted by Gasteiger charge is 2.29. The summed E-state index contributed by atoms with van der Waals surface area (Å²) in [5, 5.41) is 3.99. The Morgan fingerprint density at radius 1 is 1.17 bits per heavy atom. The summed E-state index contributed by atoms with van der Waals surface area (Å²) in [6.07, 6.45) is 1.03. The molecule has 0 fully saturated rings. The number of carbonyl (C=O) groups excluding carboxylic acids is 1. The van der Waals surface area contributed by atoms with E-state index in [0.29, 0.717) is 29.3 Å². The molecule has 1 amide bonds. The lowest BCUT2D eigenvalue weighted by atomic mass is 10.1. The summed E-state index contributed by atoms with van der Waals surface area (Å²) in [4.78, 5) is 12.6. The normalized spacial score (nSPS) is 12.9. The highest BCUT2D eigenvalue weighted by Crippen LogP contribution is 2.24. The van der Waals surface area contributed by atoms with Gasteiger partial charge in [-0.2, -0.15) is 5.10 Å². The Labute approximate surface area is 170 Å². The molecule has 7 nitrogen and oxygen atoms in total. The van der Waals surface area contributed by atoms with Gasteiger partial charge in [0, 0.05) is 0 Å². The average molecular weight is 421 g/mol. The third-order valence-corrected chi connectivity index (χ3v) is 5.33. The van der Waals surface area contributed by atoms with E-state index in [4.69, 9.17) is 4.74 Å². The van der Waals surface area contributed by atoms with Crippen LogP contribution in [0.3, 0.4) is 0 Å². The summed E-state index contributed by atoms with van der Waals surface area (Å²) in [5.41, 5.74) is 3.79. The monoisotopic (exact) mass is 421 g/mol. The van der Waals surface area contributed by atoms with Crippen molar-refractivity contribution in [3.8, 4) is 5.75 Å². The van der Waals surface area contributed by atoms with Gasteiger partial charge in [0.1, 0.15) is 17.6 Å². The second-order valence-electron chi connectivity index (χ2n) is 6.34. The molecule has 0 unspecified atom stereocenters. The third kappa shape index (κ3) is 6.02. The van der Waals surface area contributed by atoms with Gasteiger partial charge in [-0.15, -0.1) is 0 Å². The van der Waals surface area contributed by atoms with E-state index in [2.05, 4.69) is 10.5 Å². The van der Waals surface area contributed by atoms with Gasteiger partial charge in [-0.1, -0.05) is 12.1 Å². The first-order chi connectivity index (χ1) is 13.6. The second kappa shape index (κ2) is 9.51. The zero-order chi connectivity index (χ0) is 21.6. The van der Waals surface area contributed by atoms with Gasteiger partial charge < -0.3 is 4.74 Å². The van der Waals surface area contributed by atoms with Gasteiger partial charge in [-0.3, -0.25) is 9.10 Å². The average Bonchev–Trinajstić information content (AvgIpc) is 2.67. The van der Waals surface area contributed by atoms with Crippen molar-refractivity contribution >= 4 is 27.3 Å². The van der Waals surface area contributed by atoms with E-state index in [1.54, 1.807) is 31.2 Å². The van der Waals surface area contributed by atoms with Crippen molar-refractivity contribution in [3.05, 3.63) is 59.9 Å². The topological polar surface area (TPSA) is 88.1 Å². The third-order valence-electron chi connectivity index (χ3n) is 4.09. The number of amides is 1. The van der Waals surface area contributed by atoms with Crippen molar-refractivity contribution in [1.29, 1.82) is 0 Å². The van der Waals surface area contributed by atoms with Crippen molar-refractivity contribution in [2.45, 2.75) is 26.8 Å². The summed E-state index contributed by atoms with van der Waals surface area (Å²) in [6.45, 7) is 5.45. The van der Waals surface area contributed by atoms with E-state index in [0.717, 1.165) is 10.6 Å². The van der Waals surface area contributed by atoms with E-state index in [1.165, 1.54) is 31.2 Å². The van der Waals surface area contributed by atoms with Crippen LogP contribution in [-0.2, 0) is 14.8 Å². The molecule has 9 heteroatoms. The van der Waals surface area contributed by atoms with Gasteiger partial charge in [-0.25, -0.2) is 18.2 Å². The molecule has 0 bridgehead atoms. The van der Waals surface area contributed by atoms with Gasteiger partial charge in [0.15, 0.2) is 0 Å². The number of hydrazone groups is 1. The molecule has 1 atom stereocenters. The van der Waals surface area contributed by atoms with Crippen LogP contribution in [0.25, 0.3) is 0 Å². The number of hydrogen-bond donors (Lipinski definition) is 1. The maximum absolute atomic E-state index is 13.0. The minimum atomic E-state index is -3.74. The van der Waals surface area contributed by atoms with Crippen LogP contribution in [0, 0.1) is 5.82 Å². The van der Waals surface area contributed by atoms with Gasteiger partial charge in [0.25, 0.3) is 5.91 Å². The smallest absolute Gasteiger partial charge is 0.263 e. The van der Waals surface area contributed by atoms with Crippen LogP contribution in [-0.4, -0.2) is 38.9 Å². The Bertz CT molecular complexity index is 974. The Hall–Kier alpha value is -2.94. The molecule has 0 spiro atoms. The molecule has 0 saturated carbocycles. The van der Waals surface area contributed by atoms with Crippen LogP contribution in [0.2, 0.25) is 0 Å². The molecular formula is C20H24FN3O4S. The second-order valence-corrected chi connectivity index (χ2v) is 8.20. The molecule has 29 heavy (non-hydrogen) atoms. The molecule has 0 aromatic heterocycles. The fourth-order valence-electron chi connectivity index (χ4n) is 2.65. The molecule has 156 valence electrons. The largest absolute Gasteiger partial charge is 0.494 e. The van der Waals surface area contributed by atoms with Gasteiger partial charge in [0.05, 0.1) is 24.3 Å². The van der Waals surface area contributed by atoms with Crippen molar-refractivity contribution in [2.24, 2.45) is 5.10 Å². The number of nitrogens with zero attached hydrogens (tertiary/aromatic N) is 2. The lowest BCUT2D eigenvalue weighted by molar-refractivity contribution is -0.121. The van der Waals surface area contributed by atoms with Crippen LogP contribution in [0.15, 0.2) is 53.6 Å². The van der Waals surface area contributed by atoms with E-state index in [1.807, 2.05) is 6.92 Å². The lowest BCUT2D eigenvalue weighted by Gasteiger charge is -2.27. The number of halogens is 1. The molecule has 0 radical (unpaired) electrons. The van der Waals surface area contributed by atoms with E-state index < -0.39 is 22.0 Å². The van der Waals surface area contributed by atoms with E-state index in [-0.39, 0.29) is 5.82 Å². The maximum atomic E-state index is 13.0. The number of sulfonamides is 1. The summed E-state index contributed by atoms with van der Waals surface area (Å²) in [7, 11) is -3.74. The molecule has 0 heterocycles. The highest BCUT2D eigenvalue weighted by molar-refractivity contribution is 7.92. The van der Waals surface area contributed by atoms with Crippen LogP contribution in [0.1, 0.15) is 26.3 Å². The van der Waals surface area contributed by atoms with Crippen molar-refractivity contribution in [2.75, 3.05) is 17.2 Å². The number of hydrogen-bond acceptors (Lipinski definition) is 5. The number of ether oxygens (including phenoxy) is 1. The molecule has 0 aliphatic carbocycles. The molecule has 1 N–H and O–H groups in total. The number of rotatable bonds is 8. The predicted octanol–water partition coefficient (Wildman–Crippen LogP) is 2.92. The quantitative estimate of drug-likeness (QED) is 0.524. The van der Waals surface area contributed by atoms with Crippen molar-refractivity contribution in [3.63, 3.8) is 0 Å². The molecule has 0 saturated heterocycles. The van der Waals surface area contributed by atoms with Gasteiger partial charge in [0.2, 0.25) is 10.0 Å². The summed E-state index contributed by atoms with van der Waals surface area (Å²) < 4.78 is 44.0. The molecule has 0 aliphatic rings. The van der Waals surface area contributed by atoms with E-state index in [9.17, 15) is 17.6 Å². The first kappa shape index (κ1) is 22.4. The number of nitrogens with one attached hydrogen (secondary N) is 1. The maximum Gasteiger partial charge on any atom is 0.263 e. The van der Waals surface area contributed by atoms with Crippen LogP contribution in [0.5, 0.6) is 5.75 Å². The summed E-state index contributed by atoms with van der Waals surface area (Å²) in [5.74, 6) is -0.384. The number of carbonyl (C=O) groups is 1. The zero-order valence-corrected chi connectivity index (χ0v) is 17.5. The minimum absolute atomic E-state index is 0.331. The zero-order valence-electron chi connectivity index (χ0n) is 16.7. The van der Waals surface area contributed by atoms with E-state index >= 15 is 0 Å². The Kier molecular flexibility index (Phi) is 7.33. The predicted molar refractivity (Wildman–Crippen MR) is 111 cm³/mol. The van der Waals surface area contributed by atoms with Gasteiger partial charge in [-0.05, 0) is 62.7 Å². The summed E-state index contributed by atoms with van der Waals surface area (Å²) in [6, 6.07) is 11.0. The molecule has 2 rings (SSSR count). The fraction of sp³-hybridized carbons (Fsp3) is 0.300. The first-order valence-corrected chi connectivity index (χ1v) is 10.8. The molecular weight excluding hydrogens is 397 g/mol. The minimum Gasteiger partial charge on any atom is -0.494 e. The SMILES string of the molecule is CCOc1ccc(N([C@@H](C)C(=O)N/N=C(/C)c2ccc(F)cc2)S(C)(=O)=O)cc1. The molecule has 2 aromatic rings. The van der Waals surface area contributed by atoms with Crippen LogP contribution in [0.4, 0.5) is 10.1 Å². The van der Waals surface area contributed by atoms with Crippen LogP contribution < -0.4 is 14.5 Å². The van der Waals surface area contributed by atoms with Crippen molar-refractivity contribution in [1.82, 2.24) is 5.43 Å². The summed E-state index contributed by atoms with van der Waals surface area (Å²) >= 11 is 0. The van der Waals surface area contributed by atoms with Crippen molar-refractivity contribution < 1.29 is 22.3 Å². The van der Waals surface area contributed by atoms with Gasteiger partial charge >= 0.3 is 0 Å². The number of anilines is 1. The Balaban J connectivity index is 2.20. The first-order valence-electron chi connectivity index (χ1n) is 8.95. The van der Waals surface area contributed by atoms with Crippen LogP contribution >= 0.6 is 0 Å². The standard InChI is InChI=1S/C20H24FN3O4S/c1-5-28-19-12-10-18(11-13-19)24(29(4,26)27)15(3)20(25)23-22-14(2)16-6-8-17(21)9-7-16/h6-13,15H,5H2,1-4H3,(H,23,25)/b22-14-/t15-/m0/s1. The lowest BCUT2D eigenvalue weighted by Crippen LogP contribution is -2.46.